The van der Waals surface area contributed by atoms with Crippen LogP contribution in [0.1, 0.15) is 64.1 Å². The molecule has 6 nitrogen and oxygen atoms in total. The van der Waals surface area contributed by atoms with Gasteiger partial charge in [-0.25, -0.2) is 8.42 Å². The van der Waals surface area contributed by atoms with E-state index in [0.717, 1.165) is 12.8 Å². The van der Waals surface area contributed by atoms with Gasteiger partial charge in [0.25, 0.3) is 0 Å². The molecule has 0 spiro atoms. The summed E-state index contributed by atoms with van der Waals surface area (Å²) in [6.07, 6.45) is 2.81. The van der Waals surface area contributed by atoms with Crippen molar-refractivity contribution in [1.29, 1.82) is 0 Å². The molecule has 0 radical (unpaired) electrons. The Hall–Kier alpha value is -0.950. The topological polar surface area (TPSA) is 93.3 Å². The van der Waals surface area contributed by atoms with Gasteiger partial charge in [0.1, 0.15) is 5.75 Å². The van der Waals surface area contributed by atoms with Crippen molar-refractivity contribution in [2.24, 2.45) is 5.92 Å². The summed E-state index contributed by atoms with van der Waals surface area (Å²) < 4.78 is 29.5. The molecule has 7 heteroatoms. The number of aromatic nitrogens is 2. The molecule has 0 atom stereocenters. The largest absolute Gasteiger partial charge is 0.389 e. The number of hydrogen-bond acceptors (Lipinski definition) is 6. The second-order valence-electron chi connectivity index (χ2n) is 6.64. The lowest BCUT2D eigenvalue weighted by Crippen LogP contribution is -2.40. The van der Waals surface area contributed by atoms with E-state index in [1.165, 1.54) is 0 Å². The van der Waals surface area contributed by atoms with Crippen LogP contribution in [0.2, 0.25) is 0 Å². The van der Waals surface area contributed by atoms with Crippen LogP contribution in [-0.2, 0) is 15.6 Å². The van der Waals surface area contributed by atoms with E-state index >= 15 is 0 Å². The van der Waals surface area contributed by atoms with E-state index < -0.39 is 15.4 Å². The summed E-state index contributed by atoms with van der Waals surface area (Å²) >= 11 is 0. The fraction of sp³-hybridized carbons (Fsp3) is 0.857. The molecule has 0 aromatic carbocycles. The molecular formula is C14H24N2O4S. The third-order valence-electron chi connectivity index (χ3n) is 4.02. The molecule has 1 aliphatic carbocycles. The minimum atomic E-state index is -3.46. The van der Waals surface area contributed by atoms with Gasteiger partial charge in [-0.2, -0.15) is 4.98 Å². The molecule has 0 saturated heterocycles. The lowest BCUT2D eigenvalue weighted by Gasteiger charge is -2.34. The average molecular weight is 316 g/mol. The fourth-order valence-electron chi connectivity index (χ4n) is 2.66. The molecule has 0 amide bonds. The van der Waals surface area contributed by atoms with Crippen LogP contribution in [-0.4, -0.2) is 35.0 Å². The fourth-order valence-corrected chi connectivity index (χ4v) is 4.38. The highest BCUT2D eigenvalue weighted by atomic mass is 32.2. The van der Waals surface area contributed by atoms with E-state index in [2.05, 4.69) is 17.1 Å². The van der Waals surface area contributed by atoms with E-state index in [9.17, 15) is 13.5 Å². The van der Waals surface area contributed by atoms with Crippen molar-refractivity contribution in [2.45, 2.75) is 63.7 Å². The monoisotopic (exact) mass is 316 g/mol. The molecule has 0 unspecified atom stereocenters. The van der Waals surface area contributed by atoms with E-state index in [-0.39, 0.29) is 23.2 Å². The lowest BCUT2D eigenvalue weighted by atomic mass is 9.81. The van der Waals surface area contributed by atoms with Crippen molar-refractivity contribution in [3.05, 3.63) is 11.7 Å². The maximum absolute atomic E-state index is 12.3. The zero-order valence-corrected chi connectivity index (χ0v) is 13.7. The molecule has 1 heterocycles. The summed E-state index contributed by atoms with van der Waals surface area (Å²) in [5.74, 6) is 0.730. The summed E-state index contributed by atoms with van der Waals surface area (Å²) in [6, 6.07) is 0. The number of nitrogens with zero attached hydrogens (tertiary/aromatic N) is 2. The number of aliphatic hydroxyl groups is 1. The van der Waals surface area contributed by atoms with Gasteiger partial charge in [-0.15, -0.1) is 0 Å². The minimum Gasteiger partial charge on any atom is -0.389 e. The molecule has 21 heavy (non-hydrogen) atoms. The predicted molar refractivity (Wildman–Crippen MR) is 78.5 cm³/mol. The van der Waals surface area contributed by atoms with E-state index in [1.807, 2.05) is 13.8 Å². The van der Waals surface area contributed by atoms with Crippen molar-refractivity contribution in [2.75, 3.05) is 5.75 Å². The maximum atomic E-state index is 12.3. The lowest BCUT2D eigenvalue weighted by molar-refractivity contribution is 0.0135. The van der Waals surface area contributed by atoms with Crippen LogP contribution < -0.4 is 0 Å². The van der Waals surface area contributed by atoms with Crippen LogP contribution in [0.3, 0.4) is 0 Å². The van der Waals surface area contributed by atoms with Crippen molar-refractivity contribution < 1.29 is 18.0 Å². The van der Waals surface area contributed by atoms with Crippen molar-refractivity contribution >= 4 is 9.84 Å². The summed E-state index contributed by atoms with van der Waals surface area (Å²) in [6.45, 7) is 5.93. The first-order valence-corrected chi connectivity index (χ1v) is 9.26. The quantitative estimate of drug-likeness (QED) is 0.893. The first-order valence-electron chi connectivity index (χ1n) is 7.44. The second-order valence-corrected chi connectivity index (χ2v) is 8.71. The van der Waals surface area contributed by atoms with Crippen LogP contribution in [0, 0.1) is 5.92 Å². The Labute approximate surface area is 125 Å². The summed E-state index contributed by atoms with van der Waals surface area (Å²) in [4.78, 5) is 4.08. The molecule has 0 bridgehead atoms. The maximum Gasteiger partial charge on any atom is 0.229 e. The van der Waals surface area contributed by atoms with Gasteiger partial charge in [0.2, 0.25) is 5.89 Å². The Morgan fingerprint density at radius 2 is 2.00 bits per heavy atom. The van der Waals surface area contributed by atoms with Crippen molar-refractivity contribution in [1.82, 2.24) is 10.1 Å². The smallest absolute Gasteiger partial charge is 0.229 e. The first-order chi connectivity index (χ1) is 9.69. The van der Waals surface area contributed by atoms with Crippen LogP contribution in [0.15, 0.2) is 4.52 Å². The van der Waals surface area contributed by atoms with Crippen LogP contribution in [0.4, 0.5) is 0 Å². The van der Waals surface area contributed by atoms with Gasteiger partial charge >= 0.3 is 0 Å². The van der Waals surface area contributed by atoms with E-state index in [4.69, 9.17) is 4.52 Å². The molecule has 1 aromatic rings. The third kappa shape index (κ3) is 4.51. The summed E-state index contributed by atoms with van der Waals surface area (Å²) in [5.41, 5.74) is -1.10. The number of sulfone groups is 1. The SMILES string of the molecule is CC1CCC(O)(CS(=O)(=O)Cc2noc(C(C)C)n2)CC1. The first kappa shape index (κ1) is 16.4. The Balaban J connectivity index is 2.01. The normalized spacial score (nSPS) is 27.2. The van der Waals surface area contributed by atoms with Crippen molar-refractivity contribution in [3.63, 3.8) is 0 Å². The highest BCUT2D eigenvalue weighted by Gasteiger charge is 2.36. The van der Waals surface area contributed by atoms with Gasteiger partial charge in [-0.3, -0.25) is 0 Å². The molecule has 1 aliphatic rings. The zero-order valence-electron chi connectivity index (χ0n) is 12.9. The molecule has 120 valence electrons. The van der Waals surface area contributed by atoms with Crippen LogP contribution >= 0.6 is 0 Å². The van der Waals surface area contributed by atoms with Crippen LogP contribution in [0.25, 0.3) is 0 Å². The standard InChI is InChI=1S/C14H24N2O4S/c1-10(2)13-15-12(16-20-13)8-21(18,19)9-14(17)6-4-11(3)5-7-14/h10-11,17H,4-9H2,1-3H3. The Kier molecular flexibility index (Phi) is 4.72. The van der Waals surface area contributed by atoms with E-state index in [1.54, 1.807) is 0 Å². The third-order valence-corrected chi connectivity index (χ3v) is 5.70. The van der Waals surface area contributed by atoms with E-state index in [0.29, 0.717) is 24.7 Å². The molecule has 1 saturated carbocycles. The molecular weight excluding hydrogens is 292 g/mol. The summed E-state index contributed by atoms with van der Waals surface area (Å²) in [7, 11) is -3.46. The molecule has 1 fully saturated rings. The van der Waals surface area contributed by atoms with Gasteiger partial charge < -0.3 is 9.63 Å². The Morgan fingerprint density at radius 1 is 1.38 bits per heavy atom. The Morgan fingerprint density at radius 3 is 2.52 bits per heavy atom. The zero-order chi connectivity index (χ0) is 15.7. The highest BCUT2D eigenvalue weighted by molar-refractivity contribution is 7.90. The second kappa shape index (κ2) is 6.04. The van der Waals surface area contributed by atoms with Crippen molar-refractivity contribution in [3.8, 4) is 0 Å². The molecule has 1 N–H and O–H groups in total. The molecule has 2 rings (SSSR count). The summed E-state index contributed by atoms with van der Waals surface area (Å²) in [5, 5.41) is 14.2. The average Bonchev–Trinajstić information content (AvgIpc) is 2.80. The number of hydrogen-bond donors (Lipinski definition) is 1. The van der Waals surface area contributed by atoms with Gasteiger partial charge in [0.05, 0.1) is 11.4 Å². The molecule has 0 aliphatic heterocycles. The minimum absolute atomic E-state index is 0.0676. The van der Waals surface area contributed by atoms with Gasteiger partial charge in [-0.05, 0) is 31.6 Å². The van der Waals surface area contributed by atoms with Crippen LogP contribution in [0.5, 0.6) is 0 Å². The van der Waals surface area contributed by atoms with Gasteiger partial charge in [0.15, 0.2) is 15.7 Å². The Bertz CT molecular complexity index is 572. The highest BCUT2D eigenvalue weighted by Crippen LogP contribution is 2.33. The van der Waals surface area contributed by atoms with Gasteiger partial charge in [-0.1, -0.05) is 25.9 Å². The number of rotatable bonds is 5. The van der Waals surface area contributed by atoms with Gasteiger partial charge in [0, 0.05) is 5.92 Å². The predicted octanol–water partition coefficient (Wildman–Crippen LogP) is 2.05. The molecule has 1 aromatic heterocycles.